The van der Waals surface area contributed by atoms with Gasteiger partial charge in [-0.25, -0.2) is 4.98 Å². The molecule has 3 rings (SSSR count). The van der Waals surface area contributed by atoms with Gasteiger partial charge in [-0.1, -0.05) is 46.1 Å². The van der Waals surface area contributed by atoms with Crippen LogP contribution in [0, 0.1) is 0 Å². The number of rotatable bonds is 5. The lowest BCUT2D eigenvalue weighted by molar-refractivity contribution is 0.415. The number of halogens is 3. The van der Waals surface area contributed by atoms with Crippen LogP contribution in [-0.4, -0.2) is 23.0 Å². The fourth-order valence-corrected chi connectivity index (χ4v) is 3.69. The van der Waals surface area contributed by atoms with Gasteiger partial charge in [0.05, 0.1) is 34.3 Å². The predicted molar refractivity (Wildman–Crippen MR) is 114 cm³/mol. The molecule has 0 amide bonds. The molecule has 0 radical (unpaired) electrons. The van der Waals surface area contributed by atoms with Gasteiger partial charge in [0, 0.05) is 10.9 Å². The first-order valence-electron chi connectivity index (χ1n) is 8.23. The first-order valence-corrected chi connectivity index (χ1v) is 9.78. The van der Waals surface area contributed by atoms with Gasteiger partial charge in [0.1, 0.15) is 5.82 Å². The van der Waals surface area contributed by atoms with Crippen LogP contribution in [0.2, 0.25) is 10.0 Å². The molecule has 5 nitrogen and oxygen atoms in total. The number of hydrogen-bond donors (Lipinski definition) is 0. The lowest BCUT2D eigenvalue weighted by atomic mass is 10.2. The van der Waals surface area contributed by atoms with E-state index in [4.69, 9.17) is 27.9 Å². The molecule has 8 heteroatoms. The minimum absolute atomic E-state index is 0.230. The van der Waals surface area contributed by atoms with E-state index in [1.165, 1.54) is 18.0 Å². The summed E-state index contributed by atoms with van der Waals surface area (Å²) in [6.07, 6.45) is 3.00. The molecular formula is C19H16BrCl2N3O2. The number of fused-ring (bicyclic) bond motifs is 1. The molecule has 0 aliphatic rings. The molecule has 0 atom stereocenters. The molecule has 0 aliphatic heterocycles. The van der Waals surface area contributed by atoms with Crippen LogP contribution in [0.4, 0.5) is 0 Å². The molecule has 0 aliphatic carbocycles. The summed E-state index contributed by atoms with van der Waals surface area (Å²) in [6.45, 7) is 2.02. The number of nitrogens with zero attached hydrogens (tertiary/aromatic N) is 3. The van der Waals surface area contributed by atoms with E-state index in [0.29, 0.717) is 44.5 Å². The summed E-state index contributed by atoms with van der Waals surface area (Å²) in [5.41, 5.74) is 1.06. The van der Waals surface area contributed by atoms with E-state index in [2.05, 4.69) is 26.0 Å². The van der Waals surface area contributed by atoms with E-state index < -0.39 is 0 Å². The maximum Gasteiger partial charge on any atom is 0.282 e. The number of hydrogen-bond acceptors (Lipinski definition) is 4. The molecule has 27 heavy (non-hydrogen) atoms. The third kappa shape index (κ3) is 4.18. The number of aromatic nitrogens is 2. The molecule has 140 valence electrons. The van der Waals surface area contributed by atoms with Gasteiger partial charge >= 0.3 is 0 Å². The molecule has 0 spiro atoms. The van der Waals surface area contributed by atoms with Crippen molar-refractivity contribution >= 4 is 56.2 Å². The third-order valence-electron chi connectivity index (χ3n) is 3.90. The third-order valence-corrected chi connectivity index (χ3v) is 4.95. The highest BCUT2D eigenvalue weighted by molar-refractivity contribution is 9.10. The molecule has 0 bridgehead atoms. The Bertz CT molecular complexity index is 1070. The maximum absolute atomic E-state index is 12.9. The molecule has 0 fully saturated rings. The molecule has 3 aromatic rings. The van der Waals surface area contributed by atoms with E-state index in [0.717, 1.165) is 10.9 Å². The van der Waals surface area contributed by atoms with Crippen LogP contribution in [0.15, 0.2) is 44.7 Å². The highest BCUT2D eigenvalue weighted by Gasteiger charge is 2.11. The Labute approximate surface area is 174 Å². The first-order chi connectivity index (χ1) is 12.9. The van der Waals surface area contributed by atoms with Crippen molar-refractivity contribution in [3.05, 3.63) is 66.6 Å². The number of aryl methyl sites for hydroxylation is 1. The second-order valence-electron chi connectivity index (χ2n) is 5.82. The SMILES string of the molecule is CCCc1nc2ccc(Br)cc2c(=O)n1N=Cc1cc(Cl)c(OC)c(Cl)c1. The van der Waals surface area contributed by atoms with Gasteiger partial charge in [-0.05, 0) is 42.3 Å². The van der Waals surface area contributed by atoms with Gasteiger partial charge in [0.2, 0.25) is 0 Å². The molecule has 0 N–H and O–H groups in total. The minimum atomic E-state index is -0.230. The Morgan fingerprint density at radius 3 is 2.59 bits per heavy atom. The van der Waals surface area contributed by atoms with Crippen LogP contribution in [0.3, 0.4) is 0 Å². The molecular weight excluding hydrogens is 453 g/mol. The van der Waals surface area contributed by atoms with Crippen molar-refractivity contribution in [2.24, 2.45) is 5.10 Å². The zero-order valence-electron chi connectivity index (χ0n) is 14.7. The quantitative estimate of drug-likeness (QED) is 0.477. The van der Waals surface area contributed by atoms with Gasteiger partial charge in [-0.3, -0.25) is 4.79 Å². The molecule has 1 aromatic heterocycles. The van der Waals surface area contributed by atoms with E-state index >= 15 is 0 Å². The van der Waals surface area contributed by atoms with E-state index in [-0.39, 0.29) is 5.56 Å². The Morgan fingerprint density at radius 1 is 1.26 bits per heavy atom. The van der Waals surface area contributed by atoms with Crippen LogP contribution in [-0.2, 0) is 6.42 Å². The zero-order chi connectivity index (χ0) is 19.6. The summed E-state index contributed by atoms with van der Waals surface area (Å²) in [5, 5.41) is 5.59. The number of benzene rings is 2. The summed E-state index contributed by atoms with van der Waals surface area (Å²) in [6, 6.07) is 8.76. The standard InChI is InChI=1S/C19H16BrCl2N3O2/c1-3-4-17-24-16-6-5-12(20)9-13(16)19(26)25(17)23-10-11-7-14(21)18(27-2)15(22)8-11/h5-10H,3-4H2,1-2H3. The van der Waals surface area contributed by atoms with Crippen LogP contribution in [0.5, 0.6) is 5.75 Å². The fourth-order valence-electron chi connectivity index (χ4n) is 2.67. The van der Waals surface area contributed by atoms with Crippen molar-refractivity contribution in [2.45, 2.75) is 19.8 Å². The number of ether oxygens (including phenoxy) is 1. The highest BCUT2D eigenvalue weighted by Crippen LogP contribution is 2.33. The average Bonchev–Trinajstić information content (AvgIpc) is 2.62. The normalized spacial score (nSPS) is 11.4. The smallest absolute Gasteiger partial charge is 0.282 e. The van der Waals surface area contributed by atoms with E-state index in [1.54, 1.807) is 18.2 Å². The summed E-state index contributed by atoms with van der Waals surface area (Å²) < 4.78 is 7.28. The molecule has 1 heterocycles. The van der Waals surface area contributed by atoms with Crippen molar-refractivity contribution < 1.29 is 4.74 Å². The van der Waals surface area contributed by atoms with Gasteiger partial charge in [-0.15, -0.1) is 0 Å². The van der Waals surface area contributed by atoms with Crippen molar-refractivity contribution in [1.82, 2.24) is 9.66 Å². The van der Waals surface area contributed by atoms with Gasteiger partial charge in [-0.2, -0.15) is 9.78 Å². The van der Waals surface area contributed by atoms with Gasteiger partial charge < -0.3 is 4.74 Å². The summed E-state index contributed by atoms with van der Waals surface area (Å²) >= 11 is 15.7. The highest BCUT2D eigenvalue weighted by atomic mass is 79.9. The van der Waals surface area contributed by atoms with Gasteiger partial charge in [0.25, 0.3) is 5.56 Å². The lowest BCUT2D eigenvalue weighted by Gasteiger charge is -2.09. The van der Waals surface area contributed by atoms with Crippen LogP contribution < -0.4 is 10.3 Å². The second-order valence-corrected chi connectivity index (χ2v) is 7.55. The van der Waals surface area contributed by atoms with Crippen LogP contribution in [0.25, 0.3) is 10.9 Å². The topological polar surface area (TPSA) is 56.5 Å². The Balaban J connectivity index is 2.13. The second kappa shape index (κ2) is 8.42. The summed E-state index contributed by atoms with van der Waals surface area (Å²) in [5.74, 6) is 0.996. The largest absolute Gasteiger partial charge is 0.494 e. The summed E-state index contributed by atoms with van der Waals surface area (Å²) in [4.78, 5) is 17.5. The van der Waals surface area contributed by atoms with Crippen molar-refractivity contribution in [1.29, 1.82) is 0 Å². The van der Waals surface area contributed by atoms with Crippen molar-refractivity contribution in [2.75, 3.05) is 7.11 Å². The van der Waals surface area contributed by atoms with Crippen molar-refractivity contribution in [3.63, 3.8) is 0 Å². The van der Waals surface area contributed by atoms with E-state index in [9.17, 15) is 4.79 Å². The van der Waals surface area contributed by atoms with Gasteiger partial charge in [0.15, 0.2) is 5.75 Å². The molecule has 2 aromatic carbocycles. The molecule has 0 saturated heterocycles. The average molecular weight is 469 g/mol. The minimum Gasteiger partial charge on any atom is -0.494 e. The predicted octanol–water partition coefficient (Wildman–Crippen LogP) is 5.31. The lowest BCUT2D eigenvalue weighted by Crippen LogP contribution is -2.22. The van der Waals surface area contributed by atoms with E-state index in [1.807, 2.05) is 19.1 Å². The van der Waals surface area contributed by atoms with Crippen LogP contribution in [0.1, 0.15) is 24.7 Å². The molecule has 0 saturated carbocycles. The zero-order valence-corrected chi connectivity index (χ0v) is 17.8. The number of methoxy groups -OCH3 is 1. The first kappa shape index (κ1) is 19.9. The Morgan fingerprint density at radius 2 is 1.96 bits per heavy atom. The van der Waals surface area contributed by atoms with Crippen molar-refractivity contribution in [3.8, 4) is 5.75 Å². The Kier molecular flexibility index (Phi) is 6.19. The Hall–Kier alpha value is -1.89. The maximum atomic E-state index is 12.9. The monoisotopic (exact) mass is 467 g/mol. The van der Waals surface area contributed by atoms with Crippen LogP contribution >= 0.6 is 39.1 Å². The summed E-state index contributed by atoms with van der Waals surface area (Å²) in [7, 11) is 1.50. The fraction of sp³-hybridized carbons (Fsp3) is 0.211. The molecule has 0 unspecified atom stereocenters.